The average Bonchev–Trinajstić information content (AvgIpc) is 2.88. The SMILES string of the molecule is CC(=O)c1cccc(S(=O)(=O)Nc2cccc(C3(C)NC(=O)NC3=O)c2)c1. The van der Waals surface area contributed by atoms with Gasteiger partial charge in [-0.2, -0.15) is 0 Å². The number of amides is 3. The van der Waals surface area contributed by atoms with Crippen molar-refractivity contribution in [2.45, 2.75) is 24.3 Å². The summed E-state index contributed by atoms with van der Waals surface area (Å²) in [6.07, 6.45) is 0. The zero-order valence-electron chi connectivity index (χ0n) is 14.6. The first-order valence-electron chi connectivity index (χ1n) is 8.00. The molecular formula is C18H17N3O5S. The van der Waals surface area contributed by atoms with Crippen LogP contribution in [0.15, 0.2) is 53.4 Å². The summed E-state index contributed by atoms with van der Waals surface area (Å²) in [5.41, 5.74) is -0.378. The Hall–Kier alpha value is -3.20. The van der Waals surface area contributed by atoms with Gasteiger partial charge in [-0.3, -0.25) is 19.6 Å². The lowest BCUT2D eigenvalue weighted by atomic mass is 9.92. The number of ketones is 1. The fraction of sp³-hybridized carbons (Fsp3) is 0.167. The number of nitrogens with one attached hydrogen (secondary N) is 3. The molecule has 140 valence electrons. The Labute approximate surface area is 156 Å². The summed E-state index contributed by atoms with van der Waals surface area (Å²) in [6.45, 7) is 2.88. The lowest BCUT2D eigenvalue weighted by Gasteiger charge is -2.21. The van der Waals surface area contributed by atoms with E-state index in [2.05, 4.69) is 15.4 Å². The van der Waals surface area contributed by atoms with Crippen molar-refractivity contribution in [3.05, 3.63) is 59.7 Å². The average molecular weight is 387 g/mol. The number of anilines is 1. The van der Waals surface area contributed by atoms with Crippen molar-refractivity contribution >= 4 is 33.4 Å². The second kappa shape index (κ2) is 6.51. The molecule has 1 heterocycles. The molecule has 0 saturated carbocycles. The van der Waals surface area contributed by atoms with Crippen molar-refractivity contribution in [2.75, 3.05) is 4.72 Å². The van der Waals surface area contributed by atoms with Crippen molar-refractivity contribution < 1.29 is 22.8 Å². The number of rotatable bonds is 5. The number of hydrogen-bond donors (Lipinski definition) is 3. The highest BCUT2D eigenvalue weighted by Gasteiger charge is 2.43. The van der Waals surface area contributed by atoms with E-state index in [-0.39, 0.29) is 21.9 Å². The second-order valence-electron chi connectivity index (χ2n) is 6.30. The van der Waals surface area contributed by atoms with Crippen molar-refractivity contribution in [3.8, 4) is 0 Å². The van der Waals surface area contributed by atoms with Crippen LogP contribution in [0.2, 0.25) is 0 Å². The summed E-state index contributed by atoms with van der Waals surface area (Å²) in [5, 5.41) is 4.68. The number of carbonyl (C=O) groups excluding carboxylic acids is 3. The van der Waals surface area contributed by atoms with Gasteiger partial charge in [-0.15, -0.1) is 0 Å². The summed E-state index contributed by atoms with van der Waals surface area (Å²) >= 11 is 0. The van der Waals surface area contributed by atoms with Crippen LogP contribution in [-0.2, 0) is 20.4 Å². The number of Topliss-reactive ketones (excluding diaryl/α,β-unsaturated/α-hetero) is 1. The minimum atomic E-state index is -3.94. The maximum absolute atomic E-state index is 12.6. The first-order valence-corrected chi connectivity index (χ1v) is 9.48. The molecule has 0 radical (unpaired) electrons. The van der Waals surface area contributed by atoms with Crippen LogP contribution < -0.4 is 15.4 Å². The second-order valence-corrected chi connectivity index (χ2v) is 7.99. The molecule has 1 saturated heterocycles. The van der Waals surface area contributed by atoms with E-state index in [9.17, 15) is 22.8 Å². The zero-order valence-corrected chi connectivity index (χ0v) is 15.4. The van der Waals surface area contributed by atoms with Crippen LogP contribution in [0.3, 0.4) is 0 Å². The van der Waals surface area contributed by atoms with Crippen LogP contribution in [-0.4, -0.2) is 26.1 Å². The van der Waals surface area contributed by atoms with Crippen molar-refractivity contribution in [2.24, 2.45) is 0 Å². The first-order chi connectivity index (χ1) is 12.6. The summed E-state index contributed by atoms with van der Waals surface area (Å²) in [5.74, 6) is -0.772. The molecule has 9 heteroatoms. The van der Waals surface area contributed by atoms with Gasteiger partial charge in [0, 0.05) is 11.3 Å². The molecule has 0 bridgehead atoms. The van der Waals surface area contributed by atoms with Crippen LogP contribution >= 0.6 is 0 Å². The number of benzene rings is 2. The molecule has 1 fully saturated rings. The van der Waals surface area contributed by atoms with Gasteiger partial charge in [0.15, 0.2) is 5.78 Å². The maximum Gasteiger partial charge on any atom is 0.322 e. The van der Waals surface area contributed by atoms with Crippen LogP contribution in [0, 0.1) is 0 Å². The molecule has 2 aromatic carbocycles. The molecule has 3 rings (SSSR count). The Morgan fingerprint density at radius 1 is 1.07 bits per heavy atom. The number of sulfonamides is 1. The number of imide groups is 1. The van der Waals surface area contributed by atoms with Crippen LogP contribution in [0.5, 0.6) is 0 Å². The Morgan fingerprint density at radius 3 is 2.41 bits per heavy atom. The van der Waals surface area contributed by atoms with E-state index >= 15 is 0 Å². The fourth-order valence-corrected chi connectivity index (χ4v) is 3.83. The van der Waals surface area contributed by atoms with Crippen molar-refractivity contribution in [1.29, 1.82) is 0 Å². The smallest absolute Gasteiger partial charge is 0.320 e. The Morgan fingerprint density at radius 2 is 1.78 bits per heavy atom. The fourth-order valence-electron chi connectivity index (χ4n) is 2.74. The molecule has 2 aromatic rings. The molecule has 0 aromatic heterocycles. The molecule has 8 nitrogen and oxygen atoms in total. The van der Waals surface area contributed by atoms with Crippen LogP contribution in [0.1, 0.15) is 29.8 Å². The summed E-state index contributed by atoms with van der Waals surface area (Å²) < 4.78 is 27.7. The Bertz CT molecular complexity index is 1060. The van der Waals surface area contributed by atoms with E-state index in [1.54, 1.807) is 12.1 Å². The summed E-state index contributed by atoms with van der Waals surface area (Å²) in [6, 6.07) is 11.2. The standard InChI is InChI=1S/C18H17N3O5S/c1-11(22)12-5-3-8-15(9-12)27(25,26)21-14-7-4-6-13(10-14)18(2)16(23)19-17(24)20-18/h3-10,21H,1-2H3,(H2,19,20,23,24). The highest BCUT2D eigenvalue weighted by atomic mass is 32.2. The predicted octanol–water partition coefficient (Wildman–Crippen LogP) is 1.74. The van der Waals surface area contributed by atoms with Crippen molar-refractivity contribution in [3.63, 3.8) is 0 Å². The van der Waals surface area contributed by atoms with E-state index in [0.29, 0.717) is 5.56 Å². The van der Waals surface area contributed by atoms with Crippen LogP contribution in [0.25, 0.3) is 0 Å². The minimum Gasteiger partial charge on any atom is -0.320 e. The third-order valence-electron chi connectivity index (χ3n) is 4.29. The van der Waals surface area contributed by atoms with Gasteiger partial charge >= 0.3 is 6.03 Å². The molecule has 27 heavy (non-hydrogen) atoms. The highest BCUT2D eigenvalue weighted by molar-refractivity contribution is 7.92. The van der Waals surface area contributed by atoms with Gasteiger partial charge in [-0.05, 0) is 43.7 Å². The van der Waals surface area contributed by atoms with Gasteiger partial charge in [0.1, 0.15) is 5.54 Å². The zero-order chi connectivity index (χ0) is 19.8. The highest BCUT2D eigenvalue weighted by Crippen LogP contribution is 2.27. The Kier molecular flexibility index (Phi) is 4.48. The van der Waals surface area contributed by atoms with Gasteiger partial charge in [0.25, 0.3) is 15.9 Å². The molecule has 0 aliphatic carbocycles. The van der Waals surface area contributed by atoms with Crippen LogP contribution in [0.4, 0.5) is 10.5 Å². The quantitative estimate of drug-likeness (QED) is 0.533. The Balaban J connectivity index is 1.92. The number of hydrogen-bond acceptors (Lipinski definition) is 5. The monoisotopic (exact) mass is 387 g/mol. The molecule has 1 aliphatic rings. The molecule has 1 atom stereocenters. The lowest BCUT2D eigenvalue weighted by Crippen LogP contribution is -2.40. The van der Waals surface area contributed by atoms with Gasteiger partial charge < -0.3 is 5.32 Å². The van der Waals surface area contributed by atoms with E-state index in [1.165, 1.54) is 50.2 Å². The van der Waals surface area contributed by atoms with Gasteiger partial charge in [0.2, 0.25) is 0 Å². The summed E-state index contributed by atoms with van der Waals surface area (Å²) in [7, 11) is -3.94. The number of carbonyl (C=O) groups is 3. The van der Waals surface area contributed by atoms with E-state index in [1.807, 2.05) is 0 Å². The lowest BCUT2D eigenvalue weighted by molar-refractivity contribution is -0.123. The number of urea groups is 1. The largest absolute Gasteiger partial charge is 0.322 e. The molecule has 3 amide bonds. The molecule has 1 unspecified atom stereocenters. The third-order valence-corrected chi connectivity index (χ3v) is 5.67. The molecule has 3 N–H and O–H groups in total. The van der Waals surface area contributed by atoms with E-state index in [4.69, 9.17) is 0 Å². The summed E-state index contributed by atoms with van der Waals surface area (Å²) in [4.78, 5) is 34.9. The normalized spacial score (nSPS) is 19.3. The molecule has 0 spiro atoms. The molecule has 1 aliphatic heterocycles. The maximum atomic E-state index is 12.6. The topological polar surface area (TPSA) is 121 Å². The van der Waals surface area contributed by atoms with E-state index < -0.39 is 27.5 Å². The van der Waals surface area contributed by atoms with Crippen molar-refractivity contribution in [1.82, 2.24) is 10.6 Å². The minimum absolute atomic E-state index is 0.0567. The first kappa shape index (κ1) is 18.6. The van der Waals surface area contributed by atoms with E-state index in [0.717, 1.165) is 0 Å². The van der Waals surface area contributed by atoms with Gasteiger partial charge in [-0.1, -0.05) is 24.3 Å². The van der Waals surface area contributed by atoms with Gasteiger partial charge in [-0.25, -0.2) is 13.2 Å². The predicted molar refractivity (Wildman–Crippen MR) is 97.7 cm³/mol. The molecular weight excluding hydrogens is 370 g/mol. The third kappa shape index (κ3) is 3.54. The van der Waals surface area contributed by atoms with Gasteiger partial charge in [0.05, 0.1) is 4.90 Å².